The average Bonchev–Trinajstić information content (AvgIpc) is 2.33. The zero-order valence-corrected chi connectivity index (χ0v) is 11.8. The molecule has 3 nitrogen and oxygen atoms in total. The van der Waals surface area contributed by atoms with Gasteiger partial charge in [0.25, 0.3) is 5.24 Å². The molecule has 1 N–H and O–H groups in total. The van der Waals surface area contributed by atoms with Crippen LogP contribution in [0.4, 0.5) is 0 Å². The smallest absolute Gasteiger partial charge is 0.265 e. The third kappa shape index (κ3) is 1.77. The molecule has 1 aromatic carbocycles. The lowest BCUT2D eigenvalue weighted by Crippen LogP contribution is -2.42. The highest BCUT2D eigenvalue weighted by Crippen LogP contribution is 2.43. The van der Waals surface area contributed by atoms with Crippen LogP contribution in [-0.2, 0) is 11.2 Å². The van der Waals surface area contributed by atoms with Crippen molar-refractivity contribution < 1.29 is 14.6 Å². The van der Waals surface area contributed by atoms with Crippen LogP contribution in [0.3, 0.4) is 0 Å². The number of fused-ring (bicyclic) bond motifs is 1. The fourth-order valence-electron chi connectivity index (χ4n) is 2.39. The van der Waals surface area contributed by atoms with E-state index in [1.165, 1.54) is 0 Å². The number of carbonyl (C=O) groups excluding carboxylic acids is 1. The second-order valence-electron chi connectivity index (χ2n) is 5.14. The third-order valence-electron chi connectivity index (χ3n) is 3.94. The van der Waals surface area contributed by atoms with Gasteiger partial charge in [-0.05, 0) is 68.8 Å². The van der Waals surface area contributed by atoms with Crippen LogP contribution < -0.4 is 4.74 Å². The molecule has 0 radical (unpaired) electrons. The largest absolute Gasteiger partial charge is 0.507 e. The minimum Gasteiger partial charge on any atom is -0.507 e. The molecule has 0 saturated heterocycles. The third-order valence-corrected chi connectivity index (χ3v) is 4.34. The molecule has 2 rings (SSSR count). The Kier molecular flexibility index (Phi) is 3.06. The van der Waals surface area contributed by atoms with Crippen molar-refractivity contribution in [1.29, 1.82) is 0 Å². The second kappa shape index (κ2) is 4.16. The Labute approximate surface area is 112 Å². The number of phenolic OH excluding ortho intramolecular Hbond substituents is 1. The number of hydrogen-bond donors (Lipinski definition) is 1. The van der Waals surface area contributed by atoms with E-state index in [9.17, 15) is 9.90 Å². The molecule has 0 unspecified atom stereocenters. The highest BCUT2D eigenvalue weighted by atomic mass is 35.5. The van der Waals surface area contributed by atoms with Gasteiger partial charge in [-0.1, -0.05) is 0 Å². The number of rotatable bonds is 1. The quantitative estimate of drug-likeness (QED) is 0.796. The zero-order valence-electron chi connectivity index (χ0n) is 11.1. The highest BCUT2D eigenvalue weighted by Gasteiger charge is 2.39. The van der Waals surface area contributed by atoms with Crippen molar-refractivity contribution in [2.45, 2.75) is 46.1 Å². The molecular weight excluding hydrogens is 252 g/mol. The van der Waals surface area contributed by atoms with Gasteiger partial charge in [0.15, 0.2) is 5.60 Å². The summed E-state index contributed by atoms with van der Waals surface area (Å²) < 4.78 is 5.84. The lowest BCUT2D eigenvalue weighted by Gasteiger charge is -2.35. The lowest BCUT2D eigenvalue weighted by molar-refractivity contribution is -0.125. The van der Waals surface area contributed by atoms with Crippen LogP contribution in [0.2, 0.25) is 0 Å². The van der Waals surface area contributed by atoms with Gasteiger partial charge in [-0.25, -0.2) is 0 Å². The first-order valence-corrected chi connectivity index (χ1v) is 6.36. The lowest BCUT2D eigenvalue weighted by atomic mass is 9.88. The van der Waals surface area contributed by atoms with Crippen molar-refractivity contribution in [3.8, 4) is 11.5 Å². The molecule has 0 aliphatic carbocycles. The molecule has 0 spiro atoms. The molecule has 0 amide bonds. The molecule has 98 valence electrons. The maximum atomic E-state index is 11.5. The van der Waals surface area contributed by atoms with E-state index >= 15 is 0 Å². The molecule has 0 saturated carbocycles. The number of carbonyl (C=O) groups is 1. The van der Waals surface area contributed by atoms with Gasteiger partial charge >= 0.3 is 0 Å². The Morgan fingerprint density at radius 3 is 2.44 bits per heavy atom. The number of ether oxygens (including phenoxy) is 1. The van der Waals surface area contributed by atoms with Gasteiger partial charge in [0.05, 0.1) is 0 Å². The van der Waals surface area contributed by atoms with E-state index in [0.717, 1.165) is 22.3 Å². The van der Waals surface area contributed by atoms with E-state index in [4.69, 9.17) is 16.3 Å². The summed E-state index contributed by atoms with van der Waals surface area (Å²) in [5, 5.41) is 9.56. The predicted octanol–water partition coefficient (Wildman–Crippen LogP) is 3.17. The van der Waals surface area contributed by atoms with E-state index in [0.29, 0.717) is 24.3 Å². The van der Waals surface area contributed by atoms with Crippen LogP contribution in [0.5, 0.6) is 11.5 Å². The van der Waals surface area contributed by atoms with Crippen LogP contribution in [0, 0.1) is 20.8 Å². The fourth-order valence-corrected chi connectivity index (χ4v) is 2.52. The summed E-state index contributed by atoms with van der Waals surface area (Å²) in [5.41, 5.74) is 2.51. The Morgan fingerprint density at radius 1 is 1.28 bits per heavy atom. The molecule has 1 aliphatic rings. The van der Waals surface area contributed by atoms with Crippen LogP contribution >= 0.6 is 11.6 Å². The van der Waals surface area contributed by atoms with Gasteiger partial charge in [0.1, 0.15) is 11.5 Å². The molecule has 4 heteroatoms. The topological polar surface area (TPSA) is 46.5 Å². The highest BCUT2D eigenvalue weighted by molar-refractivity contribution is 6.65. The van der Waals surface area contributed by atoms with E-state index in [1.807, 2.05) is 20.8 Å². The van der Waals surface area contributed by atoms with Crippen molar-refractivity contribution in [3.63, 3.8) is 0 Å². The number of aromatic hydroxyl groups is 1. The van der Waals surface area contributed by atoms with Gasteiger partial charge in [0, 0.05) is 5.56 Å². The summed E-state index contributed by atoms with van der Waals surface area (Å²) in [4.78, 5) is 11.5. The fraction of sp³-hybridized carbons (Fsp3) is 0.500. The summed E-state index contributed by atoms with van der Waals surface area (Å²) in [6, 6.07) is 0. The summed E-state index contributed by atoms with van der Waals surface area (Å²) in [5.74, 6) is 1.02. The number of phenols is 1. The summed E-state index contributed by atoms with van der Waals surface area (Å²) in [6.45, 7) is 7.31. The first kappa shape index (κ1) is 13.2. The molecule has 0 aromatic heterocycles. The first-order chi connectivity index (χ1) is 8.28. The second-order valence-corrected chi connectivity index (χ2v) is 5.48. The van der Waals surface area contributed by atoms with E-state index in [2.05, 4.69) is 0 Å². The Hall–Kier alpha value is -1.22. The standard InChI is InChI=1S/C14H17ClO3/c1-7-8(2)12-10(9(3)11(7)16)5-6-14(4,18-12)13(15)17/h16H,5-6H2,1-4H3/t14-/m1/s1. The van der Waals surface area contributed by atoms with Gasteiger partial charge in [-0.15, -0.1) is 0 Å². The Morgan fingerprint density at radius 2 is 1.89 bits per heavy atom. The van der Waals surface area contributed by atoms with Gasteiger partial charge in [-0.2, -0.15) is 0 Å². The molecular formula is C14H17ClO3. The predicted molar refractivity (Wildman–Crippen MR) is 70.5 cm³/mol. The SMILES string of the molecule is Cc1c(C)c2c(c(C)c1O)CC[C@](C)(C(=O)Cl)O2. The van der Waals surface area contributed by atoms with Crippen molar-refractivity contribution >= 4 is 16.8 Å². The van der Waals surface area contributed by atoms with Crippen molar-refractivity contribution in [2.75, 3.05) is 0 Å². The summed E-state index contributed by atoms with van der Waals surface area (Å²) >= 11 is 5.61. The van der Waals surface area contributed by atoms with Crippen LogP contribution in [0.1, 0.15) is 35.6 Å². The van der Waals surface area contributed by atoms with Crippen molar-refractivity contribution in [1.82, 2.24) is 0 Å². The van der Waals surface area contributed by atoms with Gasteiger partial charge in [-0.3, -0.25) is 4.79 Å². The number of benzene rings is 1. The van der Waals surface area contributed by atoms with E-state index in [-0.39, 0.29) is 0 Å². The number of halogens is 1. The molecule has 1 heterocycles. The van der Waals surface area contributed by atoms with Crippen LogP contribution in [-0.4, -0.2) is 16.0 Å². The molecule has 18 heavy (non-hydrogen) atoms. The first-order valence-electron chi connectivity index (χ1n) is 5.98. The van der Waals surface area contributed by atoms with Gasteiger partial charge in [0.2, 0.25) is 0 Å². The van der Waals surface area contributed by atoms with Crippen molar-refractivity contribution in [3.05, 3.63) is 22.3 Å². The van der Waals surface area contributed by atoms with Crippen LogP contribution in [0.25, 0.3) is 0 Å². The molecule has 0 bridgehead atoms. The molecule has 1 aliphatic heterocycles. The minimum absolute atomic E-state index is 0.315. The monoisotopic (exact) mass is 268 g/mol. The molecule has 1 atom stereocenters. The normalized spacial score (nSPS) is 22.3. The summed E-state index contributed by atoms with van der Waals surface area (Å²) in [6.07, 6.45) is 1.22. The molecule has 0 fully saturated rings. The van der Waals surface area contributed by atoms with E-state index < -0.39 is 10.8 Å². The average molecular weight is 269 g/mol. The summed E-state index contributed by atoms with van der Waals surface area (Å²) in [7, 11) is 0. The minimum atomic E-state index is -0.963. The Balaban J connectivity index is 2.61. The van der Waals surface area contributed by atoms with Gasteiger partial charge < -0.3 is 9.84 Å². The molecule has 1 aromatic rings. The van der Waals surface area contributed by atoms with Crippen LogP contribution in [0.15, 0.2) is 0 Å². The van der Waals surface area contributed by atoms with Crippen molar-refractivity contribution in [2.24, 2.45) is 0 Å². The maximum absolute atomic E-state index is 11.5. The zero-order chi connectivity index (χ0) is 13.7. The maximum Gasteiger partial charge on any atom is 0.265 e. The Bertz CT molecular complexity index is 537. The van der Waals surface area contributed by atoms with E-state index in [1.54, 1.807) is 6.92 Å². The number of hydrogen-bond acceptors (Lipinski definition) is 3.